The van der Waals surface area contributed by atoms with Crippen LogP contribution in [0.5, 0.6) is 0 Å². The molecule has 0 bridgehead atoms. The Morgan fingerprint density at radius 2 is 2.10 bits per heavy atom. The lowest BCUT2D eigenvalue weighted by Gasteiger charge is -2.19. The number of carboxylic acid groups (broad SMARTS) is 1. The summed E-state index contributed by atoms with van der Waals surface area (Å²) in [5.74, 6) is -0.425. The van der Waals surface area contributed by atoms with Crippen molar-refractivity contribution in [3.05, 3.63) is 23.4 Å². The van der Waals surface area contributed by atoms with Gasteiger partial charge in [-0.2, -0.15) is 0 Å². The van der Waals surface area contributed by atoms with E-state index < -0.39 is 5.97 Å². The summed E-state index contributed by atoms with van der Waals surface area (Å²) in [4.78, 5) is 29.1. The number of aromatic nitrogens is 1. The lowest BCUT2D eigenvalue weighted by atomic mass is 10.1. The average Bonchev–Trinajstić information content (AvgIpc) is 3.21. The third kappa shape index (κ3) is 4.18. The Hall–Kier alpha value is -2.11. The van der Waals surface area contributed by atoms with Crippen molar-refractivity contribution in [2.45, 2.75) is 38.6 Å². The first-order valence-electron chi connectivity index (χ1n) is 7.12. The highest BCUT2D eigenvalue weighted by Gasteiger charge is 2.24. The van der Waals surface area contributed by atoms with Crippen LogP contribution in [-0.2, 0) is 4.79 Å². The van der Waals surface area contributed by atoms with Crippen molar-refractivity contribution in [1.29, 1.82) is 0 Å². The van der Waals surface area contributed by atoms with Crippen LogP contribution in [0.1, 0.15) is 48.7 Å². The van der Waals surface area contributed by atoms with Gasteiger partial charge in [-0.25, -0.2) is 9.78 Å². The maximum atomic E-state index is 11.8. The molecule has 6 heteroatoms. The zero-order valence-electron chi connectivity index (χ0n) is 12.6. The fourth-order valence-electron chi connectivity index (χ4n) is 1.95. The second-order valence-electron chi connectivity index (χ2n) is 5.80. The van der Waals surface area contributed by atoms with Gasteiger partial charge in [-0.3, -0.25) is 4.79 Å². The molecular weight excluding hydrogens is 270 g/mol. The molecule has 2 N–H and O–H groups in total. The Morgan fingerprint density at radius 3 is 2.62 bits per heavy atom. The lowest BCUT2D eigenvalue weighted by molar-refractivity contribution is -0.119. The van der Waals surface area contributed by atoms with E-state index in [0.29, 0.717) is 17.6 Å². The summed E-state index contributed by atoms with van der Waals surface area (Å²) in [5, 5.41) is 12.1. The Labute approximate surface area is 124 Å². The van der Waals surface area contributed by atoms with E-state index in [-0.39, 0.29) is 23.9 Å². The highest BCUT2D eigenvalue weighted by molar-refractivity contribution is 5.89. The maximum absolute atomic E-state index is 11.8. The molecule has 0 spiro atoms. The fourth-order valence-corrected chi connectivity index (χ4v) is 1.95. The molecule has 1 aliphatic rings. The zero-order valence-corrected chi connectivity index (χ0v) is 12.6. The van der Waals surface area contributed by atoms with Gasteiger partial charge < -0.3 is 15.3 Å². The smallest absolute Gasteiger partial charge is 0.335 e. The summed E-state index contributed by atoms with van der Waals surface area (Å²) in [6.45, 7) is 4.08. The molecule has 1 heterocycles. The van der Waals surface area contributed by atoms with Crippen molar-refractivity contribution in [3.63, 3.8) is 0 Å². The molecule has 0 radical (unpaired) electrons. The van der Waals surface area contributed by atoms with Gasteiger partial charge in [0.15, 0.2) is 0 Å². The average molecular weight is 291 g/mol. The first-order valence-corrected chi connectivity index (χ1v) is 7.12. The van der Waals surface area contributed by atoms with E-state index in [1.165, 1.54) is 6.07 Å². The number of pyridine rings is 1. The van der Waals surface area contributed by atoms with Crippen LogP contribution in [0, 0.1) is 0 Å². The van der Waals surface area contributed by atoms with Gasteiger partial charge in [0.25, 0.3) is 0 Å². The van der Waals surface area contributed by atoms with Crippen LogP contribution in [0.15, 0.2) is 12.1 Å². The number of aromatic carboxylic acids is 1. The molecule has 114 valence electrons. The monoisotopic (exact) mass is 291 g/mol. The predicted octanol–water partition coefficient (Wildman–Crippen LogP) is 1.62. The van der Waals surface area contributed by atoms with Gasteiger partial charge in [0.2, 0.25) is 5.91 Å². The molecule has 1 aromatic rings. The number of hydrogen-bond acceptors (Lipinski definition) is 4. The number of carboxylic acids is 1. The molecule has 21 heavy (non-hydrogen) atoms. The van der Waals surface area contributed by atoms with E-state index in [1.807, 2.05) is 13.8 Å². The fraction of sp³-hybridized carbons (Fsp3) is 0.533. The van der Waals surface area contributed by atoms with Crippen LogP contribution in [0.3, 0.4) is 0 Å². The number of amides is 1. The van der Waals surface area contributed by atoms with Crippen LogP contribution in [-0.4, -0.2) is 41.6 Å². The van der Waals surface area contributed by atoms with Crippen LogP contribution in [0.25, 0.3) is 0 Å². The molecule has 1 fully saturated rings. The van der Waals surface area contributed by atoms with Gasteiger partial charge in [-0.15, -0.1) is 0 Å². The van der Waals surface area contributed by atoms with Gasteiger partial charge in [-0.05, 0) is 30.9 Å². The minimum Gasteiger partial charge on any atom is -0.478 e. The second-order valence-corrected chi connectivity index (χ2v) is 5.80. The van der Waals surface area contributed by atoms with Crippen molar-refractivity contribution in [3.8, 4) is 0 Å². The SMILES string of the molecule is CC(C)c1cc(C(=O)O)cc(N(C)CC(=O)NC2CC2)n1. The quantitative estimate of drug-likeness (QED) is 0.832. The van der Waals surface area contributed by atoms with Crippen molar-refractivity contribution in [2.24, 2.45) is 0 Å². The van der Waals surface area contributed by atoms with Gasteiger partial charge in [-0.1, -0.05) is 13.8 Å². The minimum atomic E-state index is -0.989. The topological polar surface area (TPSA) is 82.5 Å². The molecule has 0 aliphatic heterocycles. The number of anilines is 1. The molecule has 2 rings (SSSR count). The number of carbonyl (C=O) groups excluding carboxylic acids is 1. The van der Waals surface area contributed by atoms with Crippen molar-refractivity contribution in [1.82, 2.24) is 10.3 Å². The van der Waals surface area contributed by atoms with Gasteiger partial charge >= 0.3 is 5.97 Å². The Morgan fingerprint density at radius 1 is 1.43 bits per heavy atom. The molecule has 0 atom stereocenters. The van der Waals surface area contributed by atoms with E-state index in [1.54, 1.807) is 18.0 Å². The van der Waals surface area contributed by atoms with E-state index in [9.17, 15) is 14.7 Å². The van der Waals surface area contributed by atoms with E-state index >= 15 is 0 Å². The number of nitrogens with one attached hydrogen (secondary N) is 1. The standard InChI is InChI=1S/C15H21N3O3/c1-9(2)12-6-10(15(20)21)7-13(17-12)18(3)8-14(19)16-11-4-5-11/h6-7,9,11H,4-5,8H2,1-3H3,(H,16,19)(H,20,21). The molecule has 1 aliphatic carbocycles. The maximum Gasteiger partial charge on any atom is 0.335 e. The van der Waals surface area contributed by atoms with Gasteiger partial charge in [0.1, 0.15) is 5.82 Å². The molecule has 6 nitrogen and oxygen atoms in total. The van der Waals surface area contributed by atoms with Crippen LogP contribution in [0.4, 0.5) is 5.82 Å². The van der Waals surface area contributed by atoms with Crippen LogP contribution in [0.2, 0.25) is 0 Å². The Bertz CT molecular complexity index is 553. The van der Waals surface area contributed by atoms with Crippen molar-refractivity contribution >= 4 is 17.7 Å². The summed E-state index contributed by atoms with van der Waals surface area (Å²) in [6.07, 6.45) is 2.08. The largest absolute Gasteiger partial charge is 0.478 e. The summed E-state index contributed by atoms with van der Waals surface area (Å²) >= 11 is 0. The molecule has 0 unspecified atom stereocenters. The molecule has 1 aromatic heterocycles. The molecule has 0 saturated heterocycles. The number of hydrogen-bond donors (Lipinski definition) is 2. The van der Waals surface area contributed by atoms with Crippen molar-refractivity contribution in [2.75, 3.05) is 18.5 Å². The predicted molar refractivity (Wildman–Crippen MR) is 79.7 cm³/mol. The number of nitrogens with zero attached hydrogens (tertiary/aromatic N) is 2. The van der Waals surface area contributed by atoms with E-state index in [4.69, 9.17) is 0 Å². The summed E-state index contributed by atoms with van der Waals surface area (Å²) in [7, 11) is 1.74. The first-order chi connectivity index (χ1) is 9.86. The second kappa shape index (κ2) is 6.11. The van der Waals surface area contributed by atoms with E-state index in [0.717, 1.165) is 12.8 Å². The first kappa shape index (κ1) is 15.3. The molecule has 1 saturated carbocycles. The zero-order chi connectivity index (χ0) is 15.6. The highest BCUT2D eigenvalue weighted by atomic mass is 16.4. The summed E-state index contributed by atoms with van der Waals surface area (Å²) in [5.41, 5.74) is 0.900. The van der Waals surface area contributed by atoms with Crippen LogP contribution >= 0.6 is 0 Å². The normalized spacial score (nSPS) is 14.1. The number of likely N-dealkylation sites (N-methyl/N-ethyl adjacent to an activating group) is 1. The number of rotatable bonds is 6. The third-order valence-corrected chi connectivity index (χ3v) is 3.38. The van der Waals surface area contributed by atoms with Gasteiger partial charge in [0.05, 0.1) is 12.1 Å². The Balaban J connectivity index is 2.15. The summed E-state index contributed by atoms with van der Waals surface area (Å²) < 4.78 is 0. The Kier molecular flexibility index (Phi) is 4.45. The highest BCUT2D eigenvalue weighted by Crippen LogP contribution is 2.21. The number of carbonyl (C=O) groups is 2. The van der Waals surface area contributed by atoms with Crippen molar-refractivity contribution < 1.29 is 14.7 Å². The van der Waals surface area contributed by atoms with E-state index in [2.05, 4.69) is 10.3 Å². The molecular formula is C15H21N3O3. The summed E-state index contributed by atoms with van der Waals surface area (Å²) in [6, 6.07) is 3.39. The van der Waals surface area contributed by atoms with Crippen LogP contribution < -0.4 is 10.2 Å². The van der Waals surface area contributed by atoms with Gasteiger partial charge in [0, 0.05) is 18.8 Å². The molecule has 0 aromatic carbocycles. The third-order valence-electron chi connectivity index (χ3n) is 3.38. The molecule has 1 amide bonds. The lowest BCUT2D eigenvalue weighted by Crippen LogP contribution is -2.36. The minimum absolute atomic E-state index is 0.0615.